The number of hydrogen-bond donors (Lipinski definition) is 2. The summed E-state index contributed by atoms with van der Waals surface area (Å²) in [5, 5.41) is 10.1. The van der Waals surface area contributed by atoms with E-state index in [4.69, 9.17) is 0 Å². The zero-order valence-corrected chi connectivity index (χ0v) is 11.6. The third kappa shape index (κ3) is 2.96. The summed E-state index contributed by atoms with van der Waals surface area (Å²) >= 11 is 0. The molecule has 0 unspecified atom stereocenters. The lowest BCUT2D eigenvalue weighted by Gasteiger charge is -2.05. The van der Waals surface area contributed by atoms with Crippen molar-refractivity contribution in [1.29, 1.82) is 0 Å². The molecule has 4 nitrogen and oxygen atoms in total. The molecule has 2 aromatic rings. The molecule has 0 aliphatic heterocycles. The molecular weight excluding hydrogens is 250 g/mol. The molecule has 0 bridgehead atoms. The topological polar surface area (TPSA) is 57.8 Å². The number of aromatic amines is 1. The first-order valence-corrected chi connectivity index (χ1v) is 7.17. The van der Waals surface area contributed by atoms with Crippen LogP contribution >= 0.6 is 0 Å². The highest BCUT2D eigenvalue weighted by atomic mass is 16.1. The van der Waals surface area contributed by atoms with E-state index in [2.05, 4.69) is 46.7 Å². The number of aromatic nitrogens is 2. The van der Waals surface area contributed by atoms with Crippen LogP contribution in [0.2, 0.25) is 0 Å². The summed E-state index contributed by atoms with van der Waals surface area (Å²) in [6.45, 7) is 2.75. The second kappa shape index (κ2) is 5.59. The molecule has 0 spiro atoms. The van der Waals surface area contributed by atoms with E-state index in [0.717, 1.165) is 23.2 Å². The molecule has 0 atom stereocenters. The van der Waals surface area contributed by atoms with E-state index >= 15 is 0 Å². The molecule has 1 aliphatic carbocycles. The summed E-state index contributed by atoms with van der Waals surface area (Å²) in [4.78, 5) is 11.8. The highest BCUT2D eigenvalue weighted by Crippen LogP contribution is 2.20. The van der Waals surface area contributed by atoms with Crippen molar-refractivity contribution in [1.82, 2.24) is 15.5 Å². The molecule has 1 heterocycles. The maximum absolute atomic E-state index is 11.8. The predicted molar refractivity (Wildman–Crippen MR) is 79.5 cm³/mol. The zero-order valence-electron chi connectivity index (χ0n) is 11.6. The normalized spacial score (nSPS) is 14.4. The number of H-pyrrole nitrogens is 1. The highest BCUT2D eigenvalue weighted by molar-refractivity contribution is 5.59. The minimum Gasteiger partial charge on any atom is -0.310 e. The maximum atomic E-state index is 11.8. The Labute approximate surface area is 118 Å². The van der Waals surface area contributed by atoms with Crippen molar-refractivity contribution in [3.05, 3.63) is 51.8 Å². The molecule has 0 saturated heterocycles. The van der Waals surface area contributed by atoms with Crippen LogP contribution in [-0.2, 0) is 13.0 Å². The lowest BCUT2D eigenvalue weighted by molar-refractivity contribution is 0.679. The van der Waals surface area contributed by atoms with Gasteiger partial charge in [0.1, 0.15) is 0 Å². The molecule has 0 radical (unpaired) electrons. The number of aryl methyl sites for hydroxylation is 1. The Bertz CT molecular complexity index is 642. The van der Waals surface area contributed by atoms with Crippen LogP contribution in [0.4, 0.5) is 0 Å². The van der Waals surface area contributed by atoms with Gasteiger partial charge in [-0.2, -0.15) is 5.10 Å². The molecule has 1 aromatic heterocycles. The van der Waals surface area contributed by atoms with Crippen molar-refractivity contribution in [3.63, 3.8) is 0 Å². The first kappa shape index (κ1) is 13.1. The van der Waals surface area contributed by atoms with Crippen LogP contribution in [0.3, 0.4) is 0 Å². The van der Waals surface area contributed by atoms with E-state index in [9.17, 15) is 4.79 Å². The summed E-state index contributed by atoms with van der Waals surface area (Å²) in [6, 6.07) is 10.8. The lowest BCUT2D eigenvalue weighted by Crippen LogP contribution is -2.23. The maximum Gasteiger partial charge on any atom is 0.268 e. The molecule has 1 aromatic carbocycles. The van der Waals surface area contributed by atoms with E-state index < -0.39 is 0 Å². The van der Waals surface area contributed by atoms with Gasteiger partial charge < -0.3 is 5.32 Å². The summed E-state index contributed by atoms with van der Waals surface area (Å²) in [5.74, 6) is 0. The van der Waals surface area contributed by atoms with Gasteiger partial charge in [0.2, 0.25) is 0 Å². The molecular formula is C16H19N3O. The molecule has 104 valence electrons. The average molecular weight is 269 g/mol. The predicted octanol–water partition coefficient (Wildman–Crippen LogP) is 2.25. The summed E-state index contributed by atoms with van der Waals surface area (Å²) in [6.07, 6.45) is 3.46. The SMILES string of the molecule is CCc1ccc(-c2cc(CNC3CC3)c(=O)[nH]n2)cc1. The van der Waals surface area contributed by atoms with Crippen LogP contribution in [0.1, 0.15) is 30.9 Å². The van der Waals surface area contributed by atoms with Crippen molar-refractivity contribution >= 4 is 0 Å². The van der Waals surface area contributed by atoms with E-state index in [1.165, 1.54) is 18.4 Å². The molecule has 1 saturated carbocycles. The van der Waals surface area contributed by atoms with Gasteiger partial charge in [-0.25, -0.2) is 5.10 Å². The molecule has 3 rings (SSSR count). The van der Waals surface area contributed by atoms with Crippen LogP contribution < -0.4 is 10.9 Å². The molecule has 0 amide bonds. The van der Waals surface area contributed by atoms with Gasteiger partial charge in [0.15, 0.2) is 0 Å². The van der Waals surface area contributed by atoms with Gasteiger partial charge in [0.25, 0.3) is 5.56 Å². The third-order valence-corrected chi connectivity index (χ3v) is 3.70. The number of rotatable bonds is 5. The van der Waals surface area contributed by atoms with Gasteiger partial charge in [-0.05, 0) is 30.9 Å². The Hall–Kier alpha value is -1.94. The summed E-state index contributed by atoms with van der Waals surface area (Å²) < 4.78 is 0. The fourth-order valence-corrected chi connectivity index (χ4v) is 2.18. The van der Waals surface area contributed by atoms with E-state index in [0.29, 0.717) is 12.6 Å². The van der Waals surface area contributed by atoms with Gasteiger partial charge >= 0.3 is 0 Å². The molecule has 4 heteroatoms. The average Bonchev–Trinajstić information content (AvgIpc) is 3.31. The second-order valence-corrected chi connectivity index (χ2v) is 5.31. The summed E-state index contributed by atoms with van der Waals surface area (Å²) in [7, 11) is 0. The van der Waals surface area contributed by atoms with Gasteiger partial charge in [-0.15, -0.1) is 0 Å². The van der Waals surface area contributed by atoms with Gasteiger partial charge in [0.05, 0.1) is 5.69 Å². The highest BCUT2D eigenvalue weighted by Gasteiger charge is 2.20. The van der Waals surface area contributed by atoms with Crippen LogP contribution in [0.5, 0.6) is 0 Å². The lowest BCUT2D eigenvalue weighted by atomic mass is 10.1. The largest absolute Gasteiger partial charge is 0.310 e. The monoisotopic (exact) mass is 269 g/mol. The van der Waals surface area contributed by atoms with Crippen molar-refractivity contribution in [2.45, 2.75) is 38.8 Å². The standard InChI is InChI=1S/C16H19N3O/c1-2-11-3-5-12(6-4-11)15-9-13(16(20)19-18-15)10-17-14-7-8-14/h3-6,9,14,17H,2,7-8,10H2,1H3,(H,19,20). The van der Waals surface area contributed by atoms with E-state index in [1.54, 1.807) is 0 Å². The minimum absolute atomic E-state index is 0.105. The third-order valence-electron chi connectivity index (χ3n) is 3.70. The molecule has 1 fully saturated rings. The smallest absolute Gasteiger partial charge is 0.268 e. The molecule has 20 heavy (non-hydrogen) atoms. The Balaban J connectivity index is 1.84. The first-order chi connectivity index (χ1) is 9.76. The zero-order chi connectivity index (χ0) is 13.9. The van der Waals surface area contributed by atoms with Crippen LogP contribution in [0.25, 0.3) is 11.3 Å². The number of benzene rings is 1. The van der Waals surface area contributed by atoms with Crippen molar-refractivity contribution < 1.29 is 0 Å². The minimum atomic E-state index is -0.105. The Morgan fingerprint density at radius 2 is 2.05 bits per heavy atom. The molecule has 1 aliphatic rings. The van der Waals surface area contributed by atoms with Crippen LogP contribution in [0, 0.1) is 0 Å². The Kier molecular flexibility index (Phi) is 3.65. The van der Waals surface area contributed by atoms with Crippen molar-refractivity contribution in [2.24, 2.45) is 0 Å². The van der Waals surface area contributed by atoms with Crippen molar-refractivity contribution in [2.75, 3.05) is 0 Å². The van der Waals surface area contributed by atoms with E-state index in [-0.39, 0.29) is 5.56 Å². The van der Waals surface area contributed by atoms with E-state index in [1.807, 2.05) is 6.07 Å². The number of nitrogens with one attached hydrogen (secondary N) is 2. The fraction of sp³-hybridized carbons (Fsp3) is 0.375. The van der Waals surface area contributed by atoms with Gasteiger partial charge in [0, 0.05) is 23.7 Å². The van der Waals surface area contributed by atoms with Crippen molar-refractivity contribution in [3.8, 4) is 11.3 Å². The van der Waals surface area contributed by atoms with Crippen LogP contribution in [-0.4, -0.2) is 16.2 Å². The fourth-order valence-electron chi connectivity index (χ4n) is 2.18. The molecule has 2 N–H and O–H groups in total. The van der Waals surface area contributed by atoms with Gasteiger partial charge in [-0.3, -0.25) is 4.79 Å². The number of nitrogens with zero attached hydrogens (tertiary/aromatic N) is 1. The first-order valence-electron chi connectivity index (χ1n) is 7.17. The Morgan fingerprint density at radius 3 is 2.70 bits per heavy atom. The Morgan fingerprint density at radius 1 is 1.30 bits per heavy atom. The van der Waals surface area contributed by atoms with Crippen LogP contribution in [0.15, 0.2) is 35.1 Å². The quantitative estimate of drug-likeness (QED) is 0.875. The summed E-state index contributed by atoms with van der Waals surface area (Å²) in [5.41, 5.74) is 3.80. The number of hydrogen-bond acceptors (Lipinski definition) is 3. The van der Waals surface area contributed by atoms with Gasteiger partial charge in [-0.1, -0.05) is 31.2 Å². The second-order valence-electron chi connectivity index (χ2n) is 5.31.